The van der Waals surface area contributed by atoms with E-state index in [4.69, 9.17) is 4.74 Å². The second-order valence-electron chi connectivity index (χ2n) is 6.43. The molecule has 1 fully saturated rings. The molecule has 1 N–H and O–H groups in total. The molecule has 7 nitrogen and oxygen atoms in total. The van der Waals surface area contributed by atoms with Crippen molar-refractivity contribution < 1.29 is 17.9 Å². The number of methoxy groups -OCH3 is 1. The number of nitrogens with one attached hydrogen (secondary N) is 1. The second kappa shape index (κ2) is 7.98. The van der Waals surface area contributed by atoms with Crippen molar-refractivity contribution >= 4 is 21.6 Å². The summed E-state index contributed by atoms with van der Waals surface area (Å²) in [4.78, 5) is 16.9. The molecule has 0 saturated carbocycles. The van der Waals surface area contributed by atoms with Crippen LogP contribution in [0.5, 0.6) is 5.75 Å². The van der Waals surface area contributed by atoms with E-state index < -0.39 is 10.0 Å². The van der Waals surface area contributed by atoms with Crippen LogP contribution in [0.2, 0.25) is 0 Å². The summed E-state index contributed by atoms with van der Waals surface area (Å²) in [5.74, 6) is 0.232. The van der Waals surface area contributed by atoms with Gasteiger partial charge in [-0.1, -0.05) is 18.2 Å². The van der Waals surface area contributed by atoms with Crippen LogP contribution in [0.25, 0.3) is 0 Å². The number of carbonyl (C=O) groups is 1. The van der Waals surface area contributed by atoms with Crippen molar-refractivity contribution in [1.29, 1.82) is 0 Å². The monoisotopic (exact) mass is 389 g/mol. The minimum atomic E-state index is -3.78. The highest BCUT2D eigenvalue weighted by Gasteiger charge is 2.22. The SMILES string of the molecule is COc1ccc(C(=O)N2CCN(C)CC2)cc1NS(=O)(=O)c1ccccc1. The second-order valence-corrected chi connectivity index (χ2v) is 8.11. The lowest BCUT2D eigenvalue weighted by atomic mass is 10.1. The number of rotatable bonds is 5. The van der Waals surface area contributed by atoms with E-state index in [2.05, 4.69) is 9.62 Å². The lowest BCUT2D eigenvalue weighted by Gasteiger charge is -2.32. The van der Waals surface area contributed by atoms with Gasteiger partial charge < -0.3 is 14.5 Å². The maximum Gasteiger partial charge on any atom is 0.262 e. The average Bonchev–Trinajstić information content (AvgIpc) is 2.68. The van der Waals surface area contributed by atoms with E-state index >= 15 is 0 Å². The zero-order valence-electron chi connectivity index (χ0n) is 15.4. The Bertz CT molecular complexity index is 908. The van der Waals surface area contributed by atoms with Crippen LogP contribution in [-0.2, 0) is 10.0 Å². The van der Waals surface area contributed by atoms with Crippen LogP contribution in [0.3, 0.4) is 0 Å². The van der Waals surface area contributed by atoms with Crippen LogP contribution in [0, 0.1) is 0 Å². The number of likely N-dealkylation sites (N-methyl/N-ethyl adjacent to an activating group) is 1. The summed E-state index contributed by atoms with van der Waals surface area (Å²) in [5, 5.41) is 0. The standard InChI is InChI=1S/C19H23N3O4S/c1-21-10-12-22(13-11-21)19(23)15-8-9-18(26-2)17(14-15)20-27(24,25)16-6-4-3-5-7-16/h3-9,14,20H,10-13H2,1-2H3. The molecule has 0 atom stereocenters. The minimum Gasteiger partial charge on any atom is -0.495 e. The van der Waals surface area contributed by atoms with E-state index in [0.29, 0.717) is 24.4 Å². The summed E-state index contributed by atoms with van der Waals surface area (Å²) < 4.78 is 33.0. The summed E-state index contributed by atoms with van der Waals surface area (Å²) in [6.45, 7) is 2.92. The number of anilines is 1. The lowest BCUT2D eigenvalue weighted by Crippen LogP contribution is -2.47. The van der Waals surface area contributed by atoms with Crippen molar-refractivity contribution in [3.05, 3.63) is 54.1 Å². The Hall–Kier alpha value is -2.58. The van der Waals surface area contributed by atoms with Gasteiger partial charge >= 0.3 is 0 Å². The van der Waals surface area contributed by atoms with E-state index in [9.17, 15) is 13.2 Å². The van der Waals surface area contributed by atoms with Gasteiger partial charge in [-0.05, 0) is 37.4 Å². The third kappa shape index (κ3) is 4.40. The van der Waals surface area contributed by atoms with Crippen LogP contribution >= 0.6 is 0 Å². The number of carbonyl (C=O) groups excluding carboxylic acids is 1. The van der Waals surface area contributed by atoms with Crippen molar-refractivity contribution in [1.82, 2.24) is 9.80 Å². The maximum atomic E-state index is 12.8. The van der Waals surface area contributed by atoms with Crippen LogP contribution in [0.4, 0.5) is 5.69 Å². The predicted molar refractivity (Wildman–Crippen MR) is 104 cm³/mol. The van der Waals surface area contributed by atoms with Crippen molar-refractivity contribution in [2.45, 2.75) is 4.90 Å². The number of hydrogen-bond donors (Lipinski definition) is 1. The first-order chi connectivity index (χ1) is 12.9. The molecule has 1 heterocycles. The number of piperazine rings is 1. The van der Waals surface area contributed by atoms with Crippen LogP contribution in [0.15, 0.2) is 53.4 Å². The molecule has 8 heteroatoms. The van der Waals surface area contributed by atoms with Gasteiger partial charge in [0.15, 0.2) is 0 Å². The number of amides is 1. The molecule has 144 valence electrons. The van der Waals surface area contributed by atoms with Gasteiger partial charge in [-0.15, -0.1) is 0 Å². The summed E-state index contributed by atoms with van der Waals surface area (Å²) >= 11 is 0. The number of hydrogen-bond acceptors (Lipinski definition) is 5. The van der Waals surface area contributed by atoms with E-state index in [0.717, 1.165) is 13.1 Å². The Morgan fingerprint density at radius 2 is 1.70 bits per heavy atom. The smallest absolute Gasteiger partial charge is 0.262 e. The fourth-order valence-electron chi connectivity index (χ4n) is 2.92. The third-order valence-corrected chi connectivity index (χ3v) is 5.92. The molecule has 0 bridgehead atoms. The van der Waals surface area contributed by atoms with Gasteiger partial charge in [-0.25, -0.2) is 8.42 Å². The van der Waals surface area contributed by atoms with Crippen molar-refractivity contribution in [3.8, 4) is 5.75 Å². The fourth-order valence-corrected chi connectivity index (χ4v) is 4.00. The minimum absolute atomic E-state index is 0.120. The molecular weight excluding hydrogens is 366 g/mol. The molecule has 1 amide bonds. The number of sulfonamides is 1. The van der Waals surface area contributed by atoms with Crippen molar-refractivity contribution in [3.63, 3.8) is 0 Å². The molecule has 1 saturated heterocycles. The molecule has 2 aromatic carbocycles. The Balaban J connectivity index is 1.87. The summed E-state index contributed by atoms with van der Waals surface area (Å²) in [6.07, 6.45) is 0. The number of nitrogens with zero attached hydrogens (tertiary/aromatic N) is 2. The molecule has 0 aromatic heterocycles. The van der Waals surface area contributed by atoms with E-state index in [1.165, 1.54) is 25.3 Å². The van der Waals surface area contributed by atoms with Gasteiger partial charge in [-0.2, -0.15) is 0 Å². The molecule has 0 radical (unpaired) electrons. The molecule has 0 aliphatic carbocycles. The Morgan fingerprint density at radius 3 is 2.33 bits per heavy atom. The fraction of sp³-hybridized carbons (Fsp3) is 0.316. The average molecular weight is 389 g/mol. The van der Waals surface area contributed by atoms with Gasteiger partial charge in [0.05, 0.1) is 17.7 Å². The van der Waals surface area contributed by atoms with Crippen LogP contribution in [-0.4, -0.2) is 64.5 Å². The highest BCUT2D eigenvalue weighted by Crippen LogP contribution is 2.28. The summed E-state index contributed by atoms with van der Waals surface area (Å²) in [7, 11) is -0.307. The summed E-state index contributed by atoms with van der Waals surface area (Å²) in [6, 6.07) is 12.8. The number of ether oxygens (including phenoxy) is 1. The van der Waals surface area contributed by atoms with Crippen molar-refractivity contribution in [2.24, 2.45) is 0 Å². The first-order valence-electron chi connectivity index (χ1n) is 8.64. The largest absolute Gasteiger partial charge is 0.495 e. The van der Waals surface area contributed by atoms with Crippen molar-refractivity contribution in [2.75, 3.05) is 45.1 Å². The molecular formula is C19H23N3O4S. The van der Waals surface area contributed by atoms with Gasteiger partial charge in [0, 0.05) is 31.7 Å². The lowest BCUT2D eigenvalue weighted by molar-refractivity contribution is 0.0664. The Morgan fingerprint density at radius 1 is 1.04 bits per heavy atom. The van der Waals surface area contributed by atoms with Gasteiger partial charge in [-0.3, -0.25) is 9.52 Å². The molecule has 2 aromatic rings. The Labute approximate surface area is 159 Å². The molecule has 3 rings (SSSR count). The van der Waals surface area contributed by atoms with E-state index in [1.54, 1.807) is 35.2 Å². The highest BCUT2D eigenvalue weighted by molar-refractivity contribution is 7.92. The molecule has 1 aliphatic rings. The van der Waals surface area contributed by atoms with E-state index in [1.807, 2.05) is 7.05 Å². The van der Waals surface area contributed by atoms with E-state index in [-0.39, 0.29) is 16.5 Å². The zero-order chi connectivity index (χ0) is 19.4. The van der Waals surface area contributed by atoms with Gasteiger partial charge in [0.2, 0.25) is 0 Å². The molecule has 27 heavy (non-hydrogen) atoms. The zero-order valence-corrected chi connectivity index (χ0v) is 16.2. The highest BCUT2D eigenvalue weighted by atomic mass is 32.2. The van der Waals surface area contributed by atoms with Gasteiger partial charge in [0.1, 0.15) is 5.75 Å². The quantitative estimate of drug-likeness (QED) is 0.845. The topological polar surface area (TPSA) is 79.0 Å². The first-order valence-corrected chi connectivity index (χ1v) is 10.1. The molecule has 0 unspecified atom stereocenters. The molecule has 0 spiro atoms. The first kappa shape index (κ1) is 19.2. The number of benzene rings is 2. The molecule has 1 aliphatic heterocycles. The maximum absolute atomic E-state index is 12.8. The normalized spacial score (nSPS) is 15.4. The van der Waals surface area contributed by atoms with Gasteiger partial charge in [0.25, 0.3) is 15.9 Å². The summed E-state index contributed by atoms with van der Waals surface area (Å²) in [5.41, 5.74) is 0.660. The van der Waals surface area contributed by atoms with Crippen LogP contribution in [0.1, 0.15) is 10.4 Å². The predicted octanol–water partition coefficient (Wildman–Crippen LogP) is 1.88. The van der Waals surface area contributed by atoms with Crippen LogP contribution < -0.4 is 9.46 Å². The third-order valence-electron chi connectivity index (χ3n) is 4.53. The Kier molecular flexibility index (Phi) is 5.67.